The van der Waals surface area contributed by atoms with Crippen molar-refractivity contribution in [1.82, 2.24) is 24.9 Å². The summed E-state index contributed by atoms with van der Waals surface area (Å²) in [5.41, 5.74) is 2.70. The number of benzene rings is 1. The minimum atomic E-state index is -0.839. The fraction of sp³-hybridized carbons (Fsp3) is 0.464. The average Bonchev–Trinajstić information content (AvgIpc) is 3.45. The molecule has 1 aromatic carbocycles. The first-order chi connectivity index (χ1) is 18.4. The maximum Gasteiger partial charge on any atom is 0.264 e. The van der Waals surface area contributed by atoms with E-state index in [1.54, 1.807) is 24.4 Å². The molecule has 3 fully saturated rings. The second-order valence-electron chi connectivity index (χ2n) is 10.7. The highest BCUT2D eigenvalue weighted by Crippen LogP contribution is 2.34. The monoisotopic (exact) mass is 516 g/mol. The van der Waals surface area contributed by atoms with Crippen molar-refractivity contribution < 1.29 is 19.2 Å². The standard InChI is InChI=1S/C28H32N6O4/c1-17-8-9-23(25(35)31-17)34-27(37)21-6-3-7-22(24(21)28(34)38)29-14-18-15-30-33(16-18)20-10-12-32(13-11-20)26(36)19-4-2-5-19/h3,6-7,15-16,19-20,23,29H,1-2,4-5,8-14H2,(H,31,35). The summed E-state index contributed by atoms with van der Waals surface area (Å²) in [5.74, 6) is -0.731. The molecule has 1 atom stereocenters. The van der Waals surface area contributed by atoms with Crippen molar-refractivity contribution in [3.05, 3.63) is 59.6 Å². The number of hydrogen-bond donors (Lipinski definition) is 2. The molecule has 10 heteroatoms. The Bertz CT molecular complexity index is 1320. The number of anilines is 1. The van der Waals surface area contributed by atoms with E-state index >= 15 is 0 Å². The third-order valence-electron chi connectivity index (χ3n) is 8.32. The number of amides is 4. The van der Waals surface area contributed by atoms with Crippen molar-refractivity contribution in [2.45, 2.75) is 63.6 Å². The number of imide groups is 1. The predicted molar refractivity (Wildman–Crippen MR) is 139 cm³/mol. The Morgan fingerprint density at radius 1 is 1.08 bits per heavy atom. The molecule has 0 radical (unpaired) electrons. The van der Waals surface area contributed by atoms with Crippen LogP contribution in [0.15, 0.2) is 42.9 Å². The first-order valence-electron chi connectivity index (χ1n) is 13.5. The Morgan fingerprint density at radius 2 is 1.87 bits per heavy atom. The molecule has 1 saturated carbocycles. The Balaban J connectivity index is 1.10. The molecule has 1 aliphatic carbocycles. The highest BCUT2D eigenvalue weighted by atomic mass is 16.2. The molecule has 4 amide bonds. The highest BCUT2D eigenvalue weighted by Gasteiger charge is 2.45. The van der Waals surface area contributed by atoms with E-state index < -0.39 is 17.9 Å². The van der Waals surface area contributed by atoms with Crippen LogP contribution >= 0.6 is 0 Å². The predicted octanol–water partition coefficient (Wildman–Crippen LogP) is 2.85. The summed E-state index contributed by atoms with van der Waals surface area (Å²) in [4.78, 5) is 54.6. The lowest BCUT2D eigenvalue weighted by molar-refractivity contribution is -0.139. The fourth-order valence-corrected chi connectivity index (χ4v) is 5.87. The number of piperidine rings is 2. The van der Waals surface area contributed by atoms with Gasteiger partial charge in [-0.05, 0) is 50.7 Å². The first-order valence-corrected chi connectivity index (χ1v) is 13.5. The first kappa shape index (κ1) is 24.4. The molecule has 0 spiro atoms. The van der Waals surface area contributed by atoms with Gasteiger partial charge in [0.25, 0.3) is 11.8 Å². The van der Waals surface area contributed by atoms with E-state index in [2.05, 4.69) is 22.3 Å². The number of rotatable bonds is 6. The summed E-state index contributed by atoms with van der Waals surface area (Å²) in [5, 5.41) is 10.5. The summed E-state index contributed by atoms with van der Waals surface area (Å²) in [7, 11) is 0. The number of nitrogens with zero attached hydrogens (tertiary/aromatic N) is 4. The lowest BCUT2D eigenvalue weighted by Crippen LogP contribution is -2.51. The van der Waals surface area contributed by atoms with Gasteiger partial charge in [0.15, 0.2) is 0 Å². The summed E-state index contributed by atoms with van der Waals surface area (Å²) < 4.78 is 1.98. The van der Waals surface area contributed by atoms with Crippen LogP contribution in [0.3, 0.4) is 0 Å². The van der Waals surface area contributed by atoms with Gasteiger partial charge in [0.05, 0.1) is 23.4 Å². The summed E-state index contributed by atoms with van der Waals surface area (Å²) in [6.45, 7) is 5.74. The molecule has 1 unspecified atom stereocenters. The van der Waals surface area contributed by atoms with Crippen molar-refractivity contribution in [2.75, 3.05) is 18.4 Å². The number of fused-ring (bicyclic) bond motifs is 1. The Morgan fingerprint density at radius 3 is 2.58 bits per heavy atom. The third kappa shape index (κ3) is 4.27. The van der Waals surface area contributed by atoms with Gasteiger partial charge in [-0.3, -0.25) is 28.8 Å². The van der Waals surface area contributed by atoms with Gasteiger partial charge in [0.1, 0.15) is 6.04 Å². The zero-order valence-corrected chi connectivity index (χ0v) is 21.3. The van der Waals surface area contributed by atoms with E-state index in [1.807, 2.05) is 15.8 Å². The van der Waals surface area contributed by atoms with Crippen LogP contribution in [0.4, 0.5) is 5.69 Å². The smallest absolute Gasteiger partial charge is 0.264 e. The van der Waals surface area contributed by atoms with E-state index in [0.29, 0.717) is 47.8 Å². The molecule has 3 aliphatic heterocycles. The van der Waals surface area contributed by atoms with E-state index in [4.69, 9.17) is 0 Å². The molecule has 0 bridgehead atoms. The Hall–Kier alpha value is -3.95. The number of aromatic nitrogens is 2. The molecule has 10 nitrogen and oxygen atoms in total. The topological polar surface area (TPSA) is 117 Å². The molecule has 1 aromatic heterocycles. The Kier molecular flexibility index (Phi) is 6.25. The van der Waals surface area contributed by atoms with Gasteiger partial charge in [0, 0.05) is 48.7 Å². The van der Waals surface area contributed by atoms with Crippen LogP contribution in [0.1, 0.15) is 77.3 Å². The van der Waals surface area contributed by atoms with Crippen LogP contribution in [-0.2, 0) is 16.1 Å². The minimum Gasteiger partial charge on any atom is -0.380 e. The minimum absolute atomic E-state index is 0.238. The van der Waals surface area contributed by atoms with Crippen LogP contribution in [0.25, 0.3) is 0 Å². The van der Waals surface area contributed by atoms with Gasteiger partial charge < -0.3 is 15.5 Å². The lowest BCUT2D eigenvalue weighted by Gasteiger charge is -2.36. The van der Waals surface area contributed by atoms with Gasteiger partial charge in [-0.2, -0.15) is 5.10 Å². The second kappa shape index (κ2) is 9.74. The average molecular weight is 517 g/mol. The van der Waals surface area contributed by atoms with Gasteiger partial charge >= 0.3 is 0 Å². The van der Waals surface area contributed by atoms with Crippen molar-refractivity contribution >= 4 is 29.3 Å². The Labute approximate surface area is 221 Å². The van der Waals surface area contributed by atoms with Crippen molar-refractivity contribution in [3.8, 4) is 0 Å². The number of hydrogen-bond acceptors (Lipinski definition) is 6. The largest absolute Gasteiger partial charge is 0.380 e. The van der Waals surface area contributed by atoms with Crippen LogP contribution < -0.4 is 10.6 Å². The molecular formula is C28H32N6O4. The molecule has 4 heterocycles. The summed E-state index contributed by atoms with van der Waals surface area (Å²) >= 11 is 0. The van der Waals surface area contributed by atoms with Crippen molar-refractivity contribution in [2.24, 2.45) is 5.92 Å². The van der Waals surface area contributed by atoms with Crippen LogP contribution in [0.2, 0.25) is 0 Å². The van der Waals surface area contributed by atoms with Crippen molar-refractivity contribution in [1.29, 1.82) is 0 Å². The number of nitrogens with one attached hydrogen (secondary N) is 2. The van der Waals surface area contributed by atoms with E-state index in [9.17, 15) is 19.2 Å². The zero-order chi connectivity index (χ0) is 26.4. The van der Waals surface area contributed by atoms with Crippen LogP contribution in [0, 0.1) is 5.92 Å². The van der Waals surface area contributed by atoms with Gasteiger partial charge in [-0.25, -0.2) is 0 Å². The van der Waals surface area contributed by atoms with E-state index in [1.165, 1.54) is 6.42 Å². The van der Waals surface area contributed by atoms with E-state index in [-0.39, 0.29) is 17.9 Å². The second-order valence-corrected chi connectivity index (χ2v) is 10.7. The van der Waals surface area contributed by atoms with Gasteiger partial charge in [0.2, 0.25) is 11.8 Å². The summed E-state index contributed by atoms with van der Waals surface area (Å²) in [6, 6.07) is 4.55. The normalized spacial score (nSPS) is 22.4. The molecule has 38 heavy (non-hydrogen) atoms. The van der Waals surface area contributed by atoms with Crippen molar-refractivity contribution in [3.63, 3.8) is 0 Å². The summed E-state index contributed by atoms with van der Waals surface area (Å²) in [6.07, 6.45) is 9.69. The van der Waals surface area contributed by atoms with E-state index in [0.717, 1.165) is 49.2 Å². The van der Waals surface area contributed by atoms with Gasteiger partial charge in [-0.1, -0.05) is 19.1 Å². The zero-order valence-electron chi connectivity index (χ0n) is 21.3. The molecule has 198 valence electrons. The maximum atomic E-state index is 13.3. The number of carbonyl (C=O) groups excluding carboxylic acids is 4. The number of allylic oxidation sites excluding steroid dienone is 1. The van der Waals surface area contributed by atoms with Crippen LogP contribution in [0.5, 0.6) is 0 Å². The molecule has 4 aliphatic rings. The maximum absolute atomic E-state index is 13.3. The molecule has 2 saturated heterocycles. The molecule has 2 N–H and O–H groups in total. The highest BCUT2D eigenvalue weighted by molar-refractivity contribution is 6.25. The quantitative estimate of drug-likeness (QED) is 0.571. The van der Waals surface area contributed by atoms with Crippen LogP contribution in [-0.4, -0.2) is 62.3 Å². The fourth-order valence-electron chi connectivity index (χ4n) is 5.87. The molecule has 2 aromatic rings. The SMILES string of the molecule is C=C1CCC(N2C(=O)c3cccc(NCc4cnn(C5CCN(C(=O)C6CCC6)CC5)c4)c3C2=O)C(=O)N1. The lowest BCUT2D eigenvalue weighted by atomic mass is 9.84. The molecular weight excluding hydrogens is 484 g/mol. The van der Waals surface area contributed by atoms with Gasteiger partial charge in [-0.15, -0.1) is 0 Å². The number of likely N-dealkylation sites (tertiary alicyclic amines) is 1. The molecule has 6 rings (SSSR count). The number of carbonyl (C=O) groups is 4. The third-order valence-corrected chi connectivity index (χ3v) is 8.32.